The van der Waals surface area contributed by atoms with Crippen LogP contribution in [0.4, 0.5) is 13.2 Å². The summed E-state index contributed by atoms with van der Waals surface area (Å²) >= 11 is 1.53. The predicted molar refractivity (Wildman–Crippen MR) is 168 cm³/mol. The molecule has 1 fully saturated rings. The minimum Gasteiger partial charge on any atom is -0.454 e. The summed E-state index contributed by atoms with van der Waals surface area (Å²) in [6.45, 7) is 10.4. The monoisotopic (exact) mass is 650 g/mol. The topological polar surface area (TPSA) is 59.5 Å². The molecular weight excluding hydrogens is 617 g/mol. The minimum absolute atomic E-state index is 0.174. The summed E-state index contributed by atoms with van der Waals surface area (Å²) in [7, 11) is 0. The van der Waals surface area contributed by atoms with E-state index in [0.717, 1.165) is 72.3 Å². The Labute approximate surface area is 269 Å². The summed E-state index contributed by atoms with van der Waals surface area (Å²) in [5.41, 5.74) is 3.79. The van der Waals surface area contributed by atoms with Gasteiger partial charge in [-0.3, -0.25) is 9.80 Å². The van der Waals surface area contributed by atoms with E-state index >= 15 is 0 Å². The van der Waals surface area contributed by atoms with Crippen LogP contribution in [0.3, 0.4) is 0 Å². The Morgan fingerprint density at radius 2 is 1.41 bits per heavy atom. The molecule has 0 aliphatic carbocycles. The van der Waals surface area contributed by atoms with Gasteiger partial charge in [-0.1, -0.05) is 36.9 Å². The molecule has 0 saturated carbocycles. The van der Waals surface area contributed by atoms with E-state index in [4.69, 9.17) is 23.9 Å². The van der Waals surface area contributed by atoms with Gasteiger partial charge >= 0.3 is 6.18 Å². The molecular formula is C34H33F3N4O4S. The molecule has 4 heterocycles. The Bertz CT molecular complexity index is 1720. The van der Waals surface area contributed by atoms with Crippen LogP contribution in [0.15, 0.2) is 72.6 Å². The molecule has 0 amide bonds. The van der Waals surface area contributed by atoms with E-state index in [1.165, 1.54) is 29.0 Å². The highest BCUT2D eigenvalue weighted by Crippen LogP contribution is 2.35. The third kappa shape index (κ3) is 6.93. The highest BCUT2D eigenvalue weighted by Gasteiger charge is 2.30. The highest BCUT2D eigenvalue weighted by molar-refractivity contribution is 7.09. The van der Waals surface area contributed by atoms with Crippen LogP contribution in [0.1, 0.15) is 33.0 Å². The lowest BCUT2D eigenvalue weighted by Gasteiger charge is -2.36. The van der Waals surface area contributed by atoms with Crippen molar-refractivity contribution in [3.8, 4) is 23.0 Å². The van der Waals surface area contributed by atoms with E-state index in [9.17, 15) is 13.2 Å². The van der Waals surface area contributed by atoms with Gasteiger partial charge in [0.05, 0.1) is 23.5 Å². The average Bonchev–Trinajstić information content (AvgIpc) is 3.82. The molecule has 1 saturated heterocycles. The molecule has 4 aromatic rings. The Morgan fingerprint density at radius 3 is 2.11 bits per heavy atom. The first-order valence-corrected chi connectivity index (χ1v) is 15.9. The van der Waals surface area contributed by atoms with Crippen LogP contribution in [0.5, 0.6) is 23.0 Å². The Morgan fingerprint density at radius 1 is 0.783 bits per heavy atom. The van der Waals surface area contributed by atoms with E-state index < -0.39 is 11.7 Å². The van der Waals surface area contributed by atoms with E-state index in [1.807, 2.05) is 35.7 Å². The second-order valence-electron chi connectivity index (χ2n) is 11.6. The van der Waals surface area contributed by atoms with Crippen LogP contribution < -0.4 is 18.9 Å². The average molecular weight is 651 g/mol. The van der Waals surface area contributed by atoms with Gasteiger partial charge < -0.3 is 23.8 Å². The first-order valence-electron chi connectivity index (χ1n) is 15.0. The zero-order valence-corrected chi connectivity index (χ0v) is 25.9. The van der Waals surface area contributed by atoms with Crippen molar-refractivity contribution in [2.45, 2.75) is 32.4 Å². The third-order valence-electron chi connectivity index (χ3n) is 8.31. The fraction of sp³-hybridized carbons (Fsp3) is 0.324. The van der Waals surface area contributed by atoms with Crippen molar-refractivity contribution in [3.63, 3.8) is 0 Å². The first kappa shape index (κ1) is 30.4. The molecule has 0 N–H and O–H groups in total. The van der Waals surface area contributed by atoms with E-state index in [1.54, 1.807) is 6.07 Å². The Hall–Kier alpha value is -4.26. The van der Waals surface area contributed by atoms with Gasteiger partial charge in [-0.2, -0.15) is 13.2 Å². The number of rotatable bonds is 10. The SMILES string of the molecule is C=C(c1csc(CN(Cc2cccc(C(F)(F)F)c2)Cc2ccc3c(c2)OCO3)n1)N1CCN(Cc2ccc3c(c2)OCO3)CC1. The van der Waals surface area contributed by atoms with Crippen molar-refractivity contribution in [2.24, 2.45) is 0 Å². The number of hydrogen-bond acceptors (Lipinski definition) is 9. The van der Waals surface area contributed by atoms with Gasteiger partial charge in [-0.15, -0.1) is 11.3 Å². The lowest BCUT2D eigenvalue weighted by atomic mass is 10.1. The number of thiazole rings is 1. The maximum absolute atomic E-state index is 13.4. The normalized spacial score (nSPS) is 16.0. The van der Waals surface area contributed by atoms with Gasteiger partial charge in [0.25, 0.3) is 0 Å². The van der Waals surface area contributed by atoms with E-state index in [0.29, 0.717) is 36.7 Å². The number of piperazine rings is 1. The predicted octanol–water partition coefficient (Wildman–Crippen LogP) is 6.61. The van der Waals surface area contributed by atoms with Crippen molar-refractivity contribution < 1.29 is 32.1 Å². The number of aromatic nitrogens is 1. The van der Waals surface area contributed by atoms with Crippen LogP contribution in [0.2, 0.25) is 0 Å². The van der Waals surface area contributed by atoms with Crippen molar-refractivity contribution in [3.05, 3.63) is 106 Å². The van der Waals surface area contributed by atoms with Gasteiger partial charge in [0.1, 0.15) is 5.01 Å². The van der Waals surface area contributed by atoms with Crippen molar-refractivity contribution in [2.75, 3.05) is 39.8 Å². The third-order valence-corrected chi connectivity index (χ3v) is 9.14. The number of benzene rings is 3. The molecule has 240 valence electrons. The molecule has 0 unspecified atom stereocenters. The van der Waals surface area contributed by atoms with Gasteiger partial charge in [-0.05, 0) is 47.0 Å². The summed E-state index contributed by atoms with van der Waals surface area (Å²) in [5.74, 6) is 2.94. The Kier molecular flexibility index (Phi) is 8.50. The molecule has 3 aliphatic heterocycles. The zero-order chi connectivity index (χ0) is 31.7. The number of alkyl halides is 3. The van der Waals surface area contributed by atoms with Crippen molar-refractivity contribution in [1.82, 2.24) is 19.7 Å². The molecule has 8 nitrogen and oxygen atoms in total. The lowest BCUT2D eigenvalue weighted by molar-refractivity contribution is -0.137. The summed E-state index contributed by atoms with van der Waals surface area (Å²) in [6, 6.07) is 17.3. The summed E-state index contributed by atoms with van der Waals surface area (Å²) in [5, 5.41) is 2.88. The molecule has 7 rings (SSSR count). The number of halogens is 3. The molecule has 3 aliphatic rings. The second-order valence-corrected chi connectivity index (χ2v) is 12.5. The molecule has 46 heavy (non-hydrogen) atoms. The summed E-state index contributed by atoms with van der Waals surface area (Å²) in [4.78, 5) is 11.7. The standard InChI is InChI=1S/C34H33F3N4O4S/c1-23(41-11-9-39(10-12-41)16-25-5-7-29-31(14-25)44-21-42-29)28-20-46-33(38-28)19-40(17-24-3-2-4-27(13-24)34(35,36)37)18-26-6-8-30-32(15-26)45-22-43-30/h2-8,13-15,20H,1,9-12,16-19,21-22H2. The van der Waals surface area contributed by atoms with Crippen LogP contribution in [0, 0.1) is 0 Å². The molecule has 3 aromatic carbocycles. The van der Waals surface area contributed by atoms with Gasteiger partial charge in [0, 0.05) is 51.2 Å². The minimum atomic E-state index is -4.40. The van der Waals surface area contributed by atoms with Crippen LogP contribution in [-0.4, -0.2) is 59.4 Å². The summed E-state index contributed by atoms with van der Waals surface area (Å²) in [6.07, 6.45) is -4.40. The number of fused-ring (bicyclic) bond motifs is 2. The maximum Gasteiger partial charge on any atom is 0.416 e. The number of nitrogens with zero attached hydrogens (tertiary/aromatic N) is 4. The number of hydrogen-bond donors (Lipinski definition) is 0. The van der Waals surface area contributed by atoms with Crippen LogP contribution >= 0.6 is 11.3 Å². The molecule has 1 aromatic heterocycles. The largest absolute Gasteiger partial charge is 0.454 e. The Balaban J connectivity index is 1.00. The van der Waals surface area contributed by atoms with Crippen LogP contribution in [-0.2, 0) is 32.4 Å². The van der Waals surface area contributed by atoms with Crippen LogP contribution in [0.25, 0.3) is 5.70 Å². The van der Waals surface area contributed by atoms with Gasteiger partial charge in [0.15, 0.2) is 23.0 Å². The van der Waals surface area contributed by atoms with Gasteiger partial charge in [-0.25, -0.2) is 4.98 Å². The molecule has 0 spiro atoms. The summed E-state index contributed by atoms with van der Waals surface area (Å²) < 4.78 is 62.3. The molecule has 12 heteroatoms. The zero-order valence-electron chi connectivity index (χ0n) is 25.1. The fourth-order valence-electron chi connectivity index (χ4n) is 5.91. The van der Waals surface area contributed by atoms with Crippen molar-refractivity contribution >= 4 is 17.0 Å². The highest BCUT2D eigenvalue weighted by atomic mass is 32.1. The fourth-order valence-corrected chi connectivity index (χ4v) is 6.76. The maximum atomic E-state index is 13.4. The molecule has 0 bridgehead atoms. The second kappa shape index (κ2) is 12.9. The lowest BCUT2D eigenvalue weighted by Crippen LogP contribution is -2.44. The van der Waals surface area contributed by atoms with E-state index in [2.05, 4.69) is 27.3 Å². The molecule has 0 atom stereocenters. The first-order chi connectivity index (χ1) is 22.3. The number of ether oxygens (including phenoxy) is 4. The van der Waals surface area contributed by atoms with Gasteiger partial charge in [0.2, 0.25) is 13.6 Å². The quantitative estimate of drug-likeness (QED) is 0.190. The van der Waals surface area contributed by atoms with E-state index in [-0.39, 0.29) is 13.6 Å². The molecule has 0 radical (unpaired) electrons. The van der Waals surface area contributed by atoms with Crippen molar-refractivity contribution in [1.29, 1.82) is 0 Å². The smallest absolute Gasteiger partial charge is 0.416 e.